The summed E-state index contributed by atoms with van der Waals surface area (Å²) in [7, 11) is 1.48. The number of ether oxygens (including phenoxy) is 2. The normalized spacial score (nSPS) is 12.0. The largest absolute Gasteiger partial charge is 0.493 e. The highest BCUT2D eigenvalue weighted by Gasteiger charge is 2.18. The number of benzene rings is 2. The Morgan fingerprint density at radius 3 is 2.66 bits per heavy atom. The highest BCUT2D eigenvalue weighted by molar-refractivity contribution is 5.97. The third-order valence-electron chi connectivity index (χ3n) is 4.50. The molecule has 2 aromatic carbocycles. The van der Waals surface area contributed by atoms with E-state index in [9.17, 15) is 9.59 Å². The molecule has 1 amide bonds. The average Bonchev–Trinajstić information content (AvgIpc) is 2.73. The van der Waals surface area contributed by atoms with Crippen molar-refractivity contribution in [2.45, 2.75) is 13.0 Å². The topological polar surface area (TPSA) is 98.0 Å². The number of hydrogen-bond acceptors (Lipinski definition) is 6. The van der Waals surface area contributed by atoms with Crippen LogP contribution in [0.2, 0.25) is 0 Å². The van der Waals surface area contributed by atoms with E-state index in [1.807, 2.05) is 31.2 Å². The molecule has 3 rings (SSSR count). The maximum absolute atomic E-state index is 12.6. The van der Waals surface area contributed by atoms with Gasteiger partial charge in [0, 0.05) is 11.9 Å². The number of carbonyl (C=O) groups is 1. The Balaban J connectivity index is 1.80. The summed E-state index contributed by atoms with van der Waals surface area (Å²) < 4.78 is 16.1. The summed E-state index contributed by atoms with van der Waals surface area (Å²) in [5.74, 6) is -0.142. The van der Waals surface area contributed by atoms with Crippen LogP contribution in [0.5, 0.6) is 5.75 Å². The van der Waals surface area contributed by atoms with Crippen molar-refractivity contribution in [1.29, 1.82) is 0 Å². The first kappa shape index (κ1) is 20.6. The molecule has 1 unspecified atom stereocenters. The van der Waals surface area contributed by atoms with Gasteiger partial charge in [-0.2, -0.15) is 0 Å². The molecular formula is C22H23NO6. The first-order valence-corrected chi connectivity index (χ1v) is 9.21. The van der Waals surface area contributed by atoms with Crippen LogP contribution in [0.25, 0.3) is 11.0 Å². The quantitative estimate of drug-likeness (QED) is 0.567. The van der Waals surface area contributed by atoms with Gasteiger partial charge in [0.2, 0.25) is 0 Å². The minimum atomic E-state index is -0.748. The Morgan fingerprint density at radius 2 is 1.97 bits per heavy atom. The van der Waals surface area contributed by atoms with Crippen LogP contribution >= 0.6 is 0 Å². The lowest BCUT2D eigenvalue weighted by Gasteiger charge is -2.19. The van der Waals surface area contributed by atoms with Gasteiger partial charge in [0.15, 0.2) is 11.3 Å². The molecule has 7 heteroatoms. The number of hydrogen-bond donors (Lipinski definition) is 2. The average molecular weight is 397 g/mol. The van der Waals surface area contributed by atoms with E-state index in [0.29, 0.717) is 16.7 Å². The predicted octanol–water partition coefficient (Wildman–Crippen LogP) is 2.59. The van der Waals surface area contributed by atoms with Crippen molar-refractivity contribution in [3.8, 4) is 5.75 Å². The van der Waals surface area contributed by atoms with E-state index in [0.717, 1.165) is 11.1 Å². The molecule has 1 heterocycles. The lowest BCUT2D eigenvalue weighted by atomic mass is 10.1. The molecule has 0 spiro atoms. The van der Waals surface area contributed by atoms with Crippen LogP contribution in [0.15, 0.2) is 57.7 Å². The molecule has 0 aliphatic rings. The van der Waals surface area contributed by atoms with Crippen LogP contribution in [-0.4, -0.2) is 37.9 Å². The summed E-state index contributed by atoms with van der Waals surface area (Å²) in [5, 5.41) is 12.4. The third-order valence-corrected chi connectivity index (χ3v) is 4.50. The van der Waals surface area contributed by atoms with E-state index in [-0.39, 0.29) is 25.3 Å². The fourth-order valence-corrected chi connectivity index (χ4v) is 2.97. The highest BCUT2D eigenvalue weighted by Crippen LogP contribution is 2.24. The zero-order chi connectivity index (χ0) is 20.8. The predicted molar refractivity (Wildman–Crippen MR) is 108 cm³/mol. The van der Waals surface area contributed by atoms with Crippen molar-refractivity contribution in [1.82, 2.24) is 5.32 Å². The zero-order valence-electron chi connectivity index (χ0n) is 16.3. The van der Waals surface area contributed by atoms with Gasteiger partial charge in [0.25, 0.3) is 5.91 Å². The van der Waals surface area contributed by atoms with Crippen LogP contribution in [0.3, 0.4) is 0 Å². The molecule has 0 aliphatic carbocycles. The van der Waals surface area contributed by atoms with E-state index in [2.05, 4.69) is 5.32 Å². The van der Waals surface area contributed by atoms with Gasteiger partial charge in [0.05, 0.1) is 26.4 Å². The molecule has 7 nitrogen and oxygen atoms in total. The van der Waals surface area contributed by atoms with Crippen molar-refractivity contribution in [3.63, 3.8) is 0 Å². The second-order valence-corrected chi connectivity index (χ2v) is 6.53. The number of carbonyl (C=O) groups excluding carboxylic acids is 1. The van der Waals surface area contributed by atoms with Gasteiger partial charge in [-0.1, -0.05) is 42.0 Å². The Bertz CT molecular complexity index is 1040. The lowest BCUT2D eigenvalue weighted by Crippen LogP contribution is -2.32. The Hall–Kier alpha value is -3.16. The molecule has 29 heavy (non-hydrogen) atoms. The molecule has 0 bridgehead atoms. The Morgan fingerprint density at radius 1 is 1.21 bits per heavy atom. The number of aryl methyl sites for hydroxylation is 1. The molecule has 0 fully saturated rings. The number of amides is 1. The smallest absolute Gasteiger partial charge is 0.349 e. The van der Waals surface area contributed by atoms with Crippen molar-refractivity contribution in [2.24, 2.45) is 0 Å². The van der Waals surface area contributed by atoms with Crippen molar-refractivity contribution in [2.75, 3.05) is 26.9 Å². The molecule has 0 aliphatic heterocycles. The fraction of sp³-hybridized carbons (Fsp3) is 0.273. The third kappa shape index (κ3) is 4.82. The molecule has 1 atom stereocenters. The van der Waals surface area contributed by atoms with Gasteiger partial charge < -0.3 is 24.3 Å². The number of fused-ring (bicyclic) bond motifs is 1. The second kappa shape index (κ2) is 9.36. The van der Waals surface area contributed by atoms with E-state index in [1.54, 1.807) is 18.2 Å². The van der Waals surface area contributed by atoms with Crippen LogP contribution in [0.1, 0.15) is 27.6 Å². The zero-order valence-corrected chi connectivity index (χ0v) is 16.3. The molecule has 152 valence electrons. The monoisotopic (exact) mass is 397 g/mol. The van der Waals surface area contributed by atoms with Gasteiger partial charge in [-0.15, -0.1) is 0 Å². The van der Waals surface area contributed by atoms with Crippen LogP contribution in [0.4, 0.5) is 0 Å². The van der Waals surface area contributed by atoms with E-state index < -0.39 is 17.6 Å². The highest BCUT2D eigenvalue weighted by atomic mass is 16.5. The van der Waals surface area contributed by atoms with Crippen molar-refractivity contribution >= 4 is 16.9 Å². The first-order chi connectivity index (χ1) is 14.0. The van der Waals surface area contributed by atoms with E-state index >= 15 is 0 Å². The van der Waals surface area contributed by atoms with Crippen LogP contribution < -0.4 is 15.7 Å². The Labute approximate surface area is 167 Å². The Kier molecular flexibility index (Phi) is 6.64. The molecule has 0 saturated heterocycles. The first-order valence-electron chi connectivity index (χ1n) is 9.21. The van der Waals surface area contributed by atoms with Gasteiger partial charge in [-0.05, 0) is 24.6 Å². The van der Waals surface area contributed by atoms with Gasteiger partial charge >= 0.3 is 5.63 Å². The SMILES string of the molecule is COc1cccc2cc(C(=O)NCC(OCCO)c3ccc(C)cc3)c(=O)oc12. The molecule has 0 saturated carbocycles. The maximum Gasteiger partial charge on any atom is 0.349 e. The number of aliphatic hydroxyl groups is 1. The molecule has 2 N–H and O–H groups in total. The molecule has 0 radical (unpaired) electrons. The van der Waals surface area contributed by atoms with Crippen molar-refractivity contribution in [3.05, 3.63) is 75.6 Å². The number of aliphatic hydroxyl groups excluding tert-OH is 1. The van der Waals surface area contributed by atoms with Gasteiger partial charge in [-0.3, -0.25) is 4.79 Å². The second-order valence-electron chi connectivity index (χ2n) is 6.53. The van der Waals surface area contributed by atoms with Crippen LogP contribution in [-0.2, 0) is 4.74 Å². The number of methoxy groups -OCH3 is 1. The van der Waals surface area contributed by atoms with Crippen molar-refractivity contribution < 1.29 is 23.8 Å². The summed E-state index contributed by atoms with van der Waals surface area (Å²) >= 11 is 0. The minimum Gasteiger partial charge on any atom is -0.493 e. The lowest BCUT2D eigenvalue weighted by molar-refractivity contribution is 0.0277. The number of nitrogens with one attached hydrogen (secondary N) is 1. The molecule has 1 aromatic heterocycles. The van der Waals surface area contributed by atoms with E-state index in [4.69, 9.17) is 19.0 Å². The van der Waals surface area contributed by atoms with Gasteiger partial charge in [0.1, 0.15) is 5.56 Å². The fourth-order valence-electron chi connectivity index (χ4n) is 2.97. The number of rotatable bonds is 8. The van der Waals surface area contributed by atoms with E-state index in [1.165, 1.54) is 13.2 Å². The standard InChI is InChI=1S/C22H23NO6/c1-14-6-8-15(9-7-14)19(28-11-10-24)13-23-21(25)17-12-16-4-3-5-18(27-2)20(16)29-22(17)26/h3-9,12,19,24H,10-11,13H2,1-2H3,(H,23,25). The van der Waals surface area contributed by atoms with Gasteiger partial charge in [-0.25, -0.2) is 4.79 Å². The minimum absolute atomic E-state index is 0.101. The molecular weight excluding hydrogens is 374 g/mol. The summed E-state index contributed by atoms with van der Waals surface area (Å²) in [5.41, 5.74) is 1.40. The number of para-hydroxylation sites is 1. The summed E-state index contributed by atoms with van der Waals surface area (Å²) in [6.45, 7) is 2.11. The summed E-state index contributed by atoms with van der Waals surface area (Å²) in [6.07, 6.45) is -0.459. The van der Waals surface area contributed by atoms with Crippen LogP contribution in [0, 0.1) is 6.92 Å². The summed E-state index contributed by atoms with van der Waals surface area (Å²) in [4.78, 5) is 24.9. The summed E-state index contributed by atoms with van der Waals surface area (Å²) in [6, 6.07) is 14.3. The maximum atomic E-state index is 12.6. The molecule has 3 aromatic rings.